The molecule has 2 fully saturated rings. The zero-order chi connectivity index (χ0) is 10.2. The number of likely N-dealkylation sites (N-methyl/N-ethyl adjacent to an activating group) is 1. The van der Waals surface area contributed by atoms with Gasteiger partial charge in [-0.2, -0.15) is 0 Å². The standard InChI is InChI=1S/C9H18N2O2S/c1-11(7-8-3-2-6-10-8)14(12,13)9-4-5-9/h8-10H,2-7H2,1H3. The molecule has 4 nitrogen and oxygen atoms in total. The quantitative estimate of drug-likeness (QED) is 0.731. The summed E-state index contributed by atoms with van der Waals surface area (Å²) in [6.07, 6.45) is 3.97. The van der Waals surface area contributed by atoms with Crippen molar-refractivity contribution >= 4 is 10.0 Å². The predicted octanol–water partition coefficient (Wildman–Crippen LogP) is 0.162. The zero-order valence-corrected chi connectivity index (χ0v) is 9.39. The van der Waals surface area contributed by atoms with Crippen LogP contribution in [0.25, 0.3) is 0 Å². The fourth-order valence-electron chi connectivity index (χ4n) is 1.95. The summed E-state index contributed by atoms with van der Waals surface area (Å²) >= 11 is 0. The summed E-state index contributed by atoms with van der Waals surface area (Å²) in [5.41, 5.74) is 0. The molecule has 14 heavy (non-hydrogen) atoms. The highest BCUT2D eigenvalue weighted by atomic mass is 32.2. The van der Waals surface area contributed by atoms with Gasteiger partial charge in [-0.05, 0) is 32.2 Å². The van der Waals surface area contributed by atoms with Crippen molar-refractivity contribution in [2.45, 2.75) is 37.0 Å². The average Bonchev–Trinajstić information content (AvgIpc) is 2.88. The van der Waals surface area contributed by atoms with Crippen molar-refractivity contribution in [2.75, 3.05) is 20.1 Å². The Hall–Kier alpha value is -0.130. The van der Waals surface area contributed by atoms with Gasteiger partial charge >= 0.3 is 0 Å². The van der Waals surface area contributed by atoms with Crippen LogP contribution < -0.4 is 5.32 Å². The molecule has 0 aromatic heterocycles. The molecule has 0 aromatic carbocycles. The van der Waals surface area contributed by atoms with Crippen LogP contribution in [-0.4, -0.2) is 44.2 Å². The van der Waals surface area contributed by atoms with E-state index in [4.69, 9.17) is 0 Å². The van der Waals surface area contributed by atoms with Crippen LogP contribution in [-0.2, 0) is 10.0 Å². The van der Waals surface area contributed by atoms with E-state index in [9.17, 15) is 8.42 Å². The lowest BCUT2D eigenvalue weighted by molar-refractivity contribution is 0.416. The molecule has 1 saturated carbocycles. The first kappa shape index (κ1) is 10.4. The number of nitrogens with one attached hydrogen (secondary N) is 1. The number of rotatable bonds is 4. The molecule has 2 rings (SSSR count). The zero-order valence-electron chi connectivity index (χ0n) is 8.57. The normalized spacial score (nSPS) is 28.6. The second-order valence-corrected chi connectivity index (χ2v) is 6.64. The smallest absolute Gasteiger partial charge is 0.216 e. The van der Waals surface area contributed by atoms with E-state index in [1.54, 1.807) is 7.05 Å². The molecule has 0 bridgehead atoms. The lowest BCUT2D eigenvalue weighted by Crippen LogP contribution is -2.40. The summed E-state index contributed by atoms with van der Waals surface area (Å²) in [4.78, 5) is 0. The third kappa shape index (κ3) is 2.10. The molecule has 0 amide bonds. The highest BCUT2D eigenvalue weighted by Crippen LogP contribution is 2.30. The predicted molar refractivity (Wildman–Crippen MR) is 55.6 cm³/mol. The monoisotopic (exact) mass is 218 g/mol. The maximum atomic E-state index is 11.8. The van der Waals surface area contributed by atoms with Crippen LogP contribution in [0.4, 0.5) is 0 Å². The van der Waals surface area contributed by atoms with Gasteiger partial charge in [0.1, 0.15) is 0 Å². The topological polar surface area (TPSA) is 49.4 Å². The van der Waals surface area contributed by atoms with Gasteiger partial charge in [-0.3, -0.25) is 0 Å². The minimum absolute atomic E-state index is 0.0751. The number of hydrogen-bond donors (Lipinski definition) is 1. The molecule has 1 heterocycles. The van der Waals surface area contributed by atoms with Crippen LogP contribution in [0.5, 0.6) is 0 Å². The Balaban J connectivity index is 1.90. The van der Waals surface area contributed by atoms with Gasteiger partial charge in [-0.1, -0.05) is 0 Å². The van der Waals surface area contributed by atoms with Crippen LogP contribution in [0.15, 0.2) is 0 Å². The lowest BCUT2D eigenvalue weighted by atomic mass is 10.2. The van der Waals surface area contributed by atoms with E-state index in [0.717, 1.165) is 25.8 Å². The number of nitrogens with zero attached hydrogens (tertiary/aromatic N) is 1. The van der Waals surface area contributed by atoms with Crippen LogP contribution in [0.3, 0.4) is 0 Å². The maximum Gasteiger partial charge on any atom is 0.216 e. The van der Waals surface area contributed by atoms with Crippen molar-refractivity contribution in [3.63, 3.8) is 0 Å². The van der Waals surface area contributed by atoms with Gasteiger partial charge in [-0.15, -0.1) is 0 Å². The SMILES string of the molecule is CN(CC1CCCN1)S(=O)(=O)C1CC1. The average molecular weight is 218 g/mol. The molecule has 1 aliphatic heterocycles. The van der Waals surface area contributed by atoms with E-state index in [2.05, 4.69) is 5.32 Å². The molecule has 0 spiro atoms. The van der Waals surface area contributed by atoms with Crippen LogP contribution in [0.1, 0.15) is 25.7 Å². The van der Waals surface area contributed by atoms with E-state index in [1.807, 2.05) is 0 Å². The molecule has 1 saturated heterocycles. The van der Waals surface area contributed by atoms with Crippen molar-refractivity contribution < 1.29 is 8.42 Å². The minimum Gasteiger partial charge on any atom is -0.313 e. The molecule has 1 N–H and O–H groups in total. The summed E-state index contributed by atoms with van der Waals surface area (Å²) in [5, 5.41) is 3.24. The number of sulfonamides is 1. The van der Waals surface area contributed by atoms with Crippen LogP contribution in [0.2, 0.25) is 0 Å². The first-order chi connectivity index (χ1) is 6.60. The fraction of sp³-hybridized carbons (Fsp3) is 1.00. The Bertz CT molecular complexity index is 292. The molecule has 5 heteroatoms. The molecule has 82 valence electrons. The largest absolute Gasteiger partial charge is 0.313 e. The van der Waals surface area contributed by atoms with Gasteiger partial charge < -0.3 is 5.32 Å². The fourth-order valence-corrected chi connectivity index (χ4v) is 3.58. The summed E-state index contributed by atoms with van der Waals surface area (Å²) in [6, 6.07) is 0.369. The molecular formula is C9H18N2O2S. The Morgan fingerprint density at radius 2 is 2.07 bits per heavy atom. The lowest BCUT2D eigenvalue weighted by Gasteiger charge is -2.20. The van der Waals surface area contributed by atoms with E-state index >= 15 is 0 Å². The molecule has 1 aliphatic carbocycles. The van der Waals surface area contributed by atoms with Gasteiger partial charge in [0.2, 0.25) is 10.0 Å². The van der Waals surface area contributed by atoms with E-state index in [0.29, 0.717) is 12.6 Å². The van der Waals surface area contributed by atoms with Crippen molar-refractivity contribution in [3.05, 3.63) is 0 Å². The molecular weight excluding hydrogens is 200 g/mol. The van der Waals surface area contributed by atoms with Gasteiger partial charge in [0.15, 0.2) is 0 Å². The van der Waals surface area contributed by atoms with Crippen molar-refractivity contribution in [1.29, 1.82) is 0 Å². The maximum absolute atomic E-state index is 11.8. The summed E-state index contributed by atoms with van der Waals surface area (Å²) in [6.45, 7) is 1.67. The third-order valence-electron chi connectivity index (χ3n) is 3.02. The van der Waals surface area contributed by atoms with Gasteiger partial charge in [0.25, 0.3) is 0 Å². The minimum atomic E-state index is -2.96. The Labute approximate surface area is 85.7 Å². The molecule has 0 aromatic rings. The van der Waals surface area contributed by atoms with Crippen LogP contribution >= 0.6 is 0 Å². The van der Waals surface area contributed by atoms with Crippen molar-refractivity contribution in [1.82, 2.24) is 9.62 Å². The molecule has 2 aliphatic rings. The van der Waals surface area contributed by atoms with E-state index < -0.39 is 10.0 Å². The third-order valence-corrected chi connectivity index (χ3v) is 5.35. The summed E-state index contributed by atoms with van der Waals surface area (Å²) in [7, 11) is -1.26. The van der Waals surface area contributed by atoms with E-state index in [1.165, 1.54) is 10.7 Å². The van der Waals surface area contributed by atoms with Gasteiger partial charge in [0.05, 0.1) is 5.25 Å². The first-order valence-electron chi connectivity index (χ1n) is 5.29. The highest BCUT2D eigenvalue weighted by Gasteiger charge is 2.39. The Kier molecular flexibility index (Phi) is 2.81. The van der Waals surface area contributed by atoms with Crippen molar-refractivity contribution in [2.24, 2.45) is 0 Å². The highest BCUT2D eigenvalue weighted by molar-refractivity contribution is 7.90. The first-order valence-corrected chi connectivity index (χ1v) is 6.79. The second-order valence-electron chi connectivity index (χ2n) is 4.32. The second kappa shape index (κ2) is 3.79. The van der Waals surface area contributed by atoms with E-state index in [-0.39, 0.29) is 5.25 Å². The van der Waals surface area contributed by atoms with Gasteiger partial charge in [0, 0.05) is 19.6 Å². The van der Waals surface area contributed by atoms with Crippen molar-refractivity contribution in [3.8, 4) is 0 Å². The molecule has 1 unspecified atom stereocenters. The summed E-state index contributed by atoms with van der Waals surface area (Å²) in [5.74, 6) is 0. The molecule has 1 atom stereocenters. The number of hydrogen-bond acceptors (Lipinski definition) is 3. The van der Waals surface area contributed by atoms with Crippen LogP contribution in [0, 0.1) is 0 Å². The van der Waals surface area contributed by atoms with Gasteiger partial charge in [-0.25, -0.2) is 12.7 Å². The molecule has 0 radical (unpaired) electrons. The Morgan fingerprint density at radius 1 is 1.36 bits per heavy atom. The Morgan fingerprint density at radius 3 is 2.57 bits per heavy atom. The summed E-state index contributed by atoms with van der Waals surface area (Å²) < 4.78 is 25.1.